The molecule has 0 radical (unpaired) electrons. The molecule has 0 spiro atoms. The van der Waals surface area contributed by atoms with Crippen molar-refractivity contribution < 1.29 is 13.9 Å². The molecule has 0 unspecified atom stereocenters. The molecule has 3 nitrogen and oxygen atoms in total. The minimum absolute atomic E-state index is 0.298. The van der Waals surface area contributed by atoms with Gasteiger partial charge in [-0.15, -0.1) is 0 Å². The fourth-order valence-corrected chi connectivity index (χ4v) is 4.28. The van der Waals surface area contributed by atoms with E-state index in [2.05, 4.69) is 70.8 Å². The minimum Gasteiger partial charge on any atom is -0.544 e. The van der Waals surface area contributed by atoms with Gasteiger partial charge in [-0.3, -0.25) is 0 Å². The highest BCUT2D eigenvalue weighted by Crippen LogP contribution is 2.45. The summed E-state index contributed by atoms with van der Waals surface area (Å²) in [7, 11) is -0.0155. The third kappa shape index (κ3) is 3.61. The number of aryl methyl sites for hydroxylation is 1. The Kier molecular flexibility index (Phi) is 4.82. The summed E-state index contributed by atoms with van der Waals surface area (Å²) in [6, 6.07) is 6.34. The number of hydrogen-bond acceptors (Lipinski definition) is 3. The maximum absolute atomic E-state index is 6.55. The Hall–Kier alpha value is -1.94. The van der Waals surface area contributed by atoms with Gasteiger partial charge in [0.15, 0.2) is 0 Å². The quantitative estimate of drug-likeness (QED) is 0.587. The van der Waals surface area contributed by atoms with E-state index in [1.54, 1.807) is 7.11 Å². The van der Waals surface area contributed by atoms with Gasteiger partial charge in [-0.05, 0) is 69.7 Å². The van der Waals surface area contributed by atoms with Gasteiger partial charge in [-0.2, -0.15) is 0 Å². The fraction of sp³-hybridized carbons (Fsp3) is 0.455. The highest BCUT2D eigenvalue weighted by Gasteiger charge is 2.27. The number of rotatable bonds is 5. The van der Waals surface area contributed by atoms with Crippen LogP contribution in [-0.2, 0) is 6.42 Å². The first-order valence-corrected chi connectivity index (χ1v) is 12.8. The van der Waals surface area contributed by atoms with Crippen molar-refractivity contribution in [2.75, 3.05) is 7.11 Å². The molecule has 2 aromatic carbocycles. The Morgan fingerprint density at radius 3 is 2.50 bits per heavy atom. The number of benzene rings is 2. The van der Waals surface area contributed by atoms with Crippen LogP contribution in [0.5, 0.6) is 17.2 Å². The Morgan fingerprint density at radius 2 is 1.88 bits per heavy atom. The number of hydrogen-bond donors (Lipinski definition) is 0. The van der Waals surface area contributed by atoms with Crippen molar-refractivity contribution >= 4 is 25.2 Å². The van der Waals surface area contributed by atoms with Gasteiger partial charge in [0.25, 0.3) is 0 Å². The first-order chi connectivity index (χ1) is 12.1. The molecule has 4 heteroatoms. The molecule has 2 aromatic rings. The second kappa shape index (κ2) is 6.65. The first kappa shape index (κ1) is 18.8. The normalized spacial score (nSPS) is 15.5. The molecule has 0 bridgehead atoms. The van der Waals surface area contributed by atoms with Crippen LogP contribution < -0.4 is 13.9 Å². The molecule has 0 N–H and O–H groups in total. The van der Waals surface area contributed by atoms with Crippen molar-refractivity contribution in [3.8, 4) is 17.2 Å². The van der Waals surface area contributed by atoms with Crippen LogP contribution in [0.25, 0.3) is 16.8 Å². The van der Waals surface area contributed by atoms with Crippen molar-refractivity contribution in [2.24, 2.45) is 0 Å². The average Bonchev–Trinajstić information content (AvgIpc) is 2.54. The molecule has 0 saturated heterocycles. The summed E-state index contributed by atoms with van der Waals surface area (Å²) in [6.45, 7) is 13.0. The lowest BCUT2D eigenvalue weighted by atomic mass is 9.94. The zero-order chi connectivity index (χ0) is 19.1. The van der Waals surface area contributed by atoms with Gasteiger partial charge in [0.05, 0.1) is 7.11 Å². The van der Waals surface area contributed by atoms with Crippen molar-refractivity contribution in [3.05, 3.63) is 35.4 Å². The van der Waals surface area contributed by atoms with Crippen LogP contribution in [0.4, 0.5) is 0 Å². The summed E-state index contributed by atoms with van der Waals surface area (Å²) in [5.74, 6) is 2.80. The lowest BCUT2D eigenvalue weighted by molar-refractivity contribution is 0.159. The molecular formula is C22H30O3Si. The van der Waals surface area contributed by atoms with Crippen LogP contribution in [0.3, 0.4) is 0 Å². The van der Waals surface area contributed by atoms with Crippen LogP contribution in [0.2, 0.25) is 19.6 Å². The van der Waals surface area contributed by atoms with Gasteiger partial charge in [-0.25, -0.2) is 0 Å². The van der Waals surface area contributed by atoms with Gasteiger partial charge < -0.3 is 13.9 Å². The zero-order valence-corrected chi connectivity index (χ0v) is 18.0. The molecule has 0 atom stereocenters. The Labute approximate surface area is 158 Å². The SMILES string of the molecule is CCCc1cc(OC)c2c3c(ccc2c1O[Si](C)(C)C)OC(C)(C)C=C3. The highest BCUT2D eigenvalue weighted by molar-refractivity contribution is 6.70. The van der Waals surface area contributed by atoms with Crippen molar-refractivity contribution in [1.82, 2.24) is 0 Å². The molecule has 140 valence electrons. The smallest absolute Gasteiger partial charge is 0.242 e. The van der Waals surface area contributed by atoms with Crippen LogP contribution in [-0.4, -0.2) is 21.0 Å². The second-order valence-electron chi connectivity index (χ2n) is 8.47. The first-order valence-electron chi connectivity index (χ1n) is 9.39. The van der Waals surface area contributed by atoms with Gasteiger partial charge in [0, 0.05) is 16.3 Å². The fourth-order valence-electron chi connectivity index (χ4n) is 3.42. The predicted molar refractivity (Wildman–Crippen MR) is 112 cm³/mol. The molecule has 26 heavy (non-hydrogen) atoms. The lowest BCUT2D eigenvalue weighted by Gasteiger charge is -2.30. The van der Waals surface area contributed by atoms with E-state index in [1.165, 1.54) is 5.56 Å². The van der Waals surface area contributed by atoms with Crippen molar-refractivity contribution in [3.63, 3.8) is 0 Å². The van der Waals surface area contributed by atoms with E-state index >= 15 is 0 Å². The molecule has 3 rings (SSSR count). The molecule has 0 aromatic heterocycles. The summed E-state index contributed by atoms with van der Waals surface area (Å²) in [5, 5.41) is 2.19. The molecule has 0 aliphatic carbocycles. The third-order valence-electron chi connectivity index (χ3n) is 4.47. The molecule has 1 heterocycles. The molecular weight excluding hydrogens is 340 g/mol. The summed E-state index contributed by atoms with van der Waals surface area (Å²) in [6.07, 6.45) is 6.30. The van der Waals surface area contributed by atoms with Gasteiger partial charge in [0.1, 0.15) is 22.8 Å². The Morgan fingerprint density at radius 1 is 1.15 bits per heavy atom. The second-order valence-corrected chi connectivity index (χ2v) is 12.9. The summed E-state index contributed by atoms with van der Waals surface area (Å²) >= 11 is 0. The number of fused-ring (bicyclic) bond motifs is 3. The van der Waals surface area contributed by atoms with E-state index in [0.717, 1.165) is 46.4 Å². The zero-order valence-electron chi connectivity index (χ0n) is 17.0. The largest absolute Gasteiger partial charge is 0.544 e. The standard InChI is InChI=1S/C22H30O3Si/c1-8-9-15-14-19(23-4)20-16-12-13-22(2,3)24-18(16)11-10-17(20)21(15)25-26(5,6)7/h10-14H,8-9H2,1-7H3. The Balaban J connectivity index is 2.33. The highest BCUT2D eigenvalue weighted by atomic mass is 28.4. The van der Waals surface area contributed by atoms with Crippen LogP contribution in [0.15, 0.2) is 24.3 Å². The average molecular weight is 371 g/mol. The van der Waals surface area contributed by atoms with Crippen LogP contribution in [0, 0.1) is 0 Å². The van der Waals surface area contributed by atoms with Crippen molar-refractivity contribution in [2.45, 2.75) is 58.9 Å². The van der Waals surface area contributed by atoms with E-state index in [-0.39, 0.29) is 5.60 Å². The minimum atomic E-state index is -1.75. The molecule has 1 aliphatic rings. The monoisotopic (exact) mass is 370 g/mol. The number of methoxy groups -OCH3 is 1. The molecule has 0 amide bonds. The molecule has 0 saturated carbocycles. The van der Waals surface area contributed by atoms with E-state index < -0.39 is 8.32 Å². The number of ether oxygens (including phenoxy) is 2. The van der Waals surface area contributed by atoms with Crippen molar-refractivity contribution in [1.29, 1.82) is 0 Å². The lowest BCUT2D eigenvalue weighted by Crippen LogP contribution is -2.30. The van der Waals surface area contributed by atoms with Gasteiger partial charge >= 0.3 is 0 Å². The van der Waals surface area contributed by atoms with Gasteiger partial charge in [-0.1, -0.05) is 19.4 Å². The summed E-state index contributed by atoms with van der Waals surface area (Å²) in [5.41, 5.74) is 2.00. The third-order valence-corrected chi connectivity index (χ3v) is 5.28. The summed E-state index contributed by atoms with van der Waals surface area (Å²) < 4.78 is 18.5. The predicted octanol–water partition coefficient (Wildman–Crippen LogP) is 6.20. The molecule has 0 fully saturated rings. The van der Waals surface area contributed by atoms with Crippen LogP contribution in [0.1, 0.15) is 38.3 Å². The molecule has 1 aliphatic heterocycles. The van der Waals surface area contributed by atoms with E-state index in [1.807, 2.05) is 0 Å². The maximum atomic E-state index is 6.55. The topological polar surface area (TPSA) is 27.7 Å². The van der Waals surface area contributed by atoms with Crippen LogP contribution >= 0.6 is 0 Å². The van der Waals surface area contributed by atoms with Gasteiger partial charge in [0.2, 0.25) is 8.32 Å². The van der Waals surface area contributed by atoms with E-state index in [0.29, 0.717) is 0 Å². The van der Waals surface area contributed by atoms with E-state index in [4.69, 9.17) is 13.9 Å². The summed E-state index contributed by atoms with van der Waals surface area (Å²) in [4.78, 5) is 0. The van der Waals surface area contributed by atoms with E-state index in [9.17, 15) is 0 Å². The Bertz CT molecular complexity index is 860. The maximum Gasteiger partial charge on any atom is 0.242 e.